The Balaban J connectivity index is 1.15. The Morgan fingerprint density at radius 3 is 2.24 bits per heavy atom. The van der Waals surface area contributed by atoms with E-state index in [1.807, 2.05) is 51.1 Å². The van der Waals surface area contributed by atoms with Crippen molar-refractivity contribution in [2.75, 3.05) is 19.6 Å². The van der Waals surface area contributed by atoms with Crippen molar-refractivity contribution in [3.05, 3.63) is 71.5 Å². The highest BCUT2D eigenvalue weighted by Gasteiger charge is 2.52. The van der Waals surface area contributed by atoms with Crippen LogP contribution in [0.2, 0.25) is 0 Å². The Labute approximate surface area is 295 Å². The molecule has 0 spiro atoms. The van der Waals surface area contributed by atoms with Gasteiger partial charge in [0.05, 0.1) is 11.3 Å². The van der Waals surface area contributed by atoms with Crippen LogP contribution in [0, 0.1) is 29.0 Å². The van der Waals surface area contributed by atoms with Gasteiger partial charge in [0.15, 0.2) is 0 Å². The number of carbonyl (C=O) groups excluding carboxylic acids is 4. The molecule has 2 aromatic carbocycles. The van der Waals surface area contributed by atoms with Gasteiger partial charge in [-0.2, -0.15) is 0 Å². The zero-order chi connectivity index (χ0) is 35.5. The normalized spacial score (nSPS) is 24.0. The smallest absolute Gasteiger partial charge is 0.410 e. The molecule has 50 heavy (non-hydrogen) atoms. The molecule has 0 aromatic heterocycles. The minimum atomic E-state index is -0.865. The summed E-state index contributed by atoms with van der Waals surface area (Å²) in [6.45, 7) is 7.58. The van der Waals surface area contributed by atoms with E-state index >= 15 is 0 Å². The lowest BCUT2D eigenvalue weighted by molar-refractivity contribution is -0.147. The first-order valence-corrected chi connectivity index (χ1v) is 18.6. The molecule has 2 heterocycles. The van der Waals surface area contributed by atoms with Gasteiger partial charge in [-0.05, 0) is 94.4 Å². The number of carbonyl (C=O) groups is 4. The highest BCUT2D eigenvalue weighted by molar-refractivity contribution is 5.90. The van der Waals surface area contributed by atoms with Gasteiger partial charge in [0.1, 0.15) is 18.5 Å². The van der Waals surface area contributed by atoms with E-state index in [-0.39, 0.29) is 60.0 Å². The molecule has 2 saturated carbocycles. The summed E-state index contributed by atoms with van der Waals surface area (Å²) in [7, 11) is 0. The topological polar surface area (TPSA) is 108 Å². The Morgan fingerprint density at radius 1 is 0.920 bits per heavy atom. The number of halogens is 1. The predicted octanol–water partition coefficient (Wildman–Crippen LogP) is 6.00. The first kappa shape index (κ1) is 35.9. The summed E-state index contributed by atoms with van der Waals surface area (Å²) >= 11 is 0. The maximum atomic E-state index is 14.3. The van der Waals surface area contributed by atoms with E-state index in [1.54, 1.807) is 21.9 Å². The Bertz CT molecular complexity index is 1510. The van der Waals surface area contributed by atoms with Gasteiger partial charge in [0, 0.05) is 37.6 Å². The molecule has 2 aliphatic heterocycles. The molecule has 2 bridgehead atoms. The molecule has 9 nitrogen and oxygen atoms in total. The lowest BCUT2D eigenvalue weighted by atomic mass is 9.63. The van der Waals surface area contributed by atoms with E-state index in [2.05, 4.69) is 10.6 Å². The zero-order valence-corrected chi connectivity index (χ0v) is 29.8. The minimum Gasteiger partial charge on any atom is -0.445 e. The van der Waals surface area contributed by atoms with Crippen LogP contribution in [0.25, 0.3) is 0 Å². The molecule has 6 rings (SSSR count). The summed E-state index contributed by atoms with van der Waals surface area (Å²) in [5.74, 6) is -0.710. The van der Waals surface area contributed by atoms with Crippen LogP contribution < -0.4 is 10.6 Å². The third kappa shape index (κ3) is 8.16. The molecule has 4 aliphatic rings. The minimum absolute atomic E-state index is 0.0864. The van der Waals surface area contributed by atoms with Crippen LogP contribution >= 0.6 is 0 Å². The number of hydrogen-bond acceptors (Lipinski definition) is 5. The zero-order valence-electron chi connectivity index (χ0n) is 29.8. The average Bonchev–Trinajstić information content (AvgIpc) is 3.73. The molecule has 2 aliphatic carbocycles. The van der Waals surface area contributed by atoms with Gasteiger partial charge in [0.2, 0.25) is 17.7 Å². The van der Waals surface area contributed by atoms with Crippen molar-refractivity contribution in [2.24, 2.45) is 23.2 Å². The van der Waals surface area contributed by atoms with E-state index in [4.69, 9.17) is 4.74 Å². The summed E-state index contributed by atoms with van der Waals surface area (Å²) in [6, 6.07) is 14.3. The Kier molecular flexibility index (Phi) is 10.8. The second kappa shape index (κ2) is 15.1. The second-order valence-corrected chi connectivity index (χ2v) is 16.1. The van der Waals surface area contributed by atoms with Gasteiger partial charge in [-0.3, -0.25) is 14.4 Å². The molecule has 10 heteroatoms. The number of nitrogens with zero attached hydrogens (tertiary/aromatic N) is 2. The SMILES string of the molecule is CC(C)(C)NC(=O)C1(C2CCCCC2)CCN(C(=O)[C@@H](Cc2ccc(F)cc2)NC(=O)[C@@H]2C[C@@H]3C[C@H]2N(C(=O)OCc2ccccc2)C3)CC1. The summed E-state index contributed by atoms with van der Waals surface area (Å²) in [6.07, 6.45) is 7.79. The molecule has 0 unspecified atom stereocenters. The maximum absolute atomic E-state index is 14.3. The standard InChI is InChI=1S/C40H53FN4O5/c1-39(2,3)43-37(48)40(30-12-8-5-9-13-30)18-20-44(21-19-40)36(47)33(23-27-14-16-31(41)17-15-27)42-35(46)32-22-29-24-34(32)45(25-29)38(49)50-26-28-10-6-4-7-11-28/h4,6-7,10-11,14-17,29-30,32-34H,5,8-9,12-13,18-26H2,1-3H3,(H,42,46)(H,43,48)/t29-,32-,33-,34-/m1/s1. The largest absolute Gasteiger partial charge is 0.445 e. The molecule has 270 valence electrons. The molecule has 2 aromatic rings. The van der Waals surface area contributed by atoms with Crippen LogP contribution in [0.5, 0.6) is 0 Å². The monoisotopic (exact) mass is 688 g/mol. The lowest BCUT2D eigenvalue weighted by Crippen LogP contribution is -2.59. The van der Waals surface area contributed by atoms with Crippen LogP contribution in [-0.4, -0.2) is 70.9 Å². The van der Waals surface area contributed by atoms with E-state index in [0.29, 0.717) is 38.9 Å². The van der Waals surface area contributed by atoms with Crippen molar-refractivity contribution in [1.82, 2.24) is 20.4 Å². The molecule has 2 saturated heterocycles. The van der Waals surface area contributed by atoms with Crippen LogP contribution in [0.15, 0.2) is 54.6 Å². The van der Waals surface area contributed by atoms with Crippen LogP contribution in [0.3, 0.4) is 0 Å². The van der Waals surface area contributed by atoms with E-state index in [1.165, 1.54) is 18.6 Å². The molecule has 2 N–H and O–H groups in total. The van der Waals surface area contributed by atoms with E-state index in [0.717, 1.165) is 43.2 Å². The van der Waals surface area contributed by atoms with Crippen molar-refractivity contribution in [2.45, 2.75) is 109 Å². The maximum Gasteiger partial charge on any atom is 0.410 e. The highest BCUT2D eigenvalue weighted by atomic mass is 19.1. The first-order valence-electron chi connectivity index (χ1n) is 18.6. The first-order chi connectivity index (χ1) is 23.9. The van der Waals surface area contributed by atoms with Crippen molar-refractivity contribution in [3.63, 3.8) is 0 Å². The number of benzene rings is 2. The summed E-state index contributed by atoms with van der Waals surface area (Å²) < 4.78 is 19.4. The lowest BCUT2D eigenvalue weighted by Gasteiger charge is -2.48. The van der Waals surface area contributed by atoms with Gasteiger partial charge < -0.3 is 25.2 Å². The molecular formula is C40H53FN4O5. The third-order valence-electron chi connectivity index (χ3n) is 11.5. The molecule has 4 fully saturated rings. The fraction of sp³-hybridized carbons (Fsp3) is 0.600. The van der Waals surface area contributed by atoms with Crippen LogP contribution in [0.4, 0.5) is 9.18 Å². The number of nitrogens with one attached hydrogen (secondary N) is 2. The number of ether oxygens (including phenoxy) is 1. The van der Waals surface area contributed by atoms with E-state index in [9.17, 15) is 23.6 Å². The van der Waals surface area contributed by atoms with Gasteiger partial charge >= 0.3 is 6.09 Å². The molecule has 4 atom stereocenters. The fourth-order valence-corrected chi connectivity index (χ4v) is 8.94. The van der Waals surface area contributed by atoms with Gasteiger partial charge in [-0.1, -0.05) is 61.7 Å². The van der Waals surface area contributed by atoms with Crippen LogP contribution in [-0.2, 0) is 32.1 Å². The Morgan fingerprint density at radius 2 is 1.60 bits per heavy atom. The van der Waals surface area contributed by atoms with E-state index < -0.39 is 23.5 Å². The van der Waals surface area contributed by atoms with Crippen molar-refractivity contribution in [3.8, 4) is 0 Å². The van der Waals surface area contributed by atoms with Gasteiger partial charge in [-0.15, -0.1) is 0 Å². The number of rotatable bonds is 9. The Hall–Kier alpha value is -3.95. The number of amides is 4. The fourth-order valence-electron chi connectivity index (χ4n) is 8.94. The summed E-state index contributed by atoms with van der Waals surface area (Å²) in [4.78, 5) is 58.8. The quantitative estimate of drug-likeness (QED) is 0.336. The predicted molar refractivity (Wildman–Crippen MR) is 188 cm³/mol. The van der Waals surface area contributed by atoms with Crippen molar-refractivity contribution < 1.29 is 28.3 Å². The van der Waals surface area contributed by atoms with Gasteiger partial charge in [-0.25, -0.2) is 9.18 Å². The second-order valence-electron chi connectivity index (χ2n) is 16.1. The summed E-state index contributed by atoms with van der Waals surface area (Å²) in [5.41, 5.74) is 0.749. The average molecular weight is 689 g/mol. The van der Waals surface area contributed by atoms with Crippen LogP contribution in [0.1, 0.15) is 89.7 Å². The summed E-state index contributed by atoms with van der Waals surface area (Å²) in [5, 5.41) is 6.34. The number of fused-ring (bicyclic) bond motifs is 2. The van der Waals surface area contributed by atoms with Gasteiger partial charge in [0.25, 0.3) is 0 Å². The number of hydrogen-bond donors (Lipinski definition) is 2. The van der Waals surface area contributed by atoms with Crippen molar-refractivity contribution >= 4 is 23.8 Å². The highest BCUT2D eigenvalue weighted by Crippen LogP contribution is 2.47. The third-order valence-corrected chi connectivity index (χ3v) is 11.5. The number of likely N-dealkylation sites (tertiary alicyclic amines) is 2. The molecule has 4 amide bonds. The van der Waals surface area contributed by atoms with Crippen molar-refractivity contribution in [1.29, 1.82) is 0 Å². The molecule has 0 radical (unpaired) electrons. The molecular weight excluding hydrogens is 635 g/mol. The number of piperidine rings is 2.